The normalized spacial score (nSPS) is 21.0. The summed E-state index contributed by atoms with van der Waals surface area (Å²) in [6.07, 6.45) is 2.41. The number of ether oxygens (including phenoxy) is 1. The minimum Gasteiger partial charge on any atom is -0.497 e. The molecule has 1 aliphatic carbocycles. The van der Waals surface area contributed by atoms with Gasteiger partial charge in [0.25, 0.3) is 11.6 Å². The quantitative estimate of drug-likeness (QED) is 0.317. The third-order valence-electron chi connectivity index (χ3n) is 8.13. The molecular formula is C29H27N3O4. The minimum atomic E-state index is -0.357. The number of benzene rings is 3. The number of nitro groups is 1. The number of nitrogens with one attached hydrogen (secondary N) is 1. The summed E-state index contributed by atoms with van der Waals surface area (Å²) in [4.78, 5) is 29.9. The molecule has 1 unspecified atom stereocenters. The molecule has 0 radical (unpaired) electrons. The lowest BCUT2D eigenvalue weighted by molar-refractivity contribution is -0.384. The van der Waals surface area contributed by atoms with Crippen molar-refractivity contribution in [3.05, 3.63) is 105 Å². The third-order valence-corrected chi connectivity index (χ3v) is 8.13. The number of non-ortho nitro benzene ring substituents is 1. The topological polar surface area (TPSA) is 88.5 Å². The Kier molecular flexibility index (Phi) is 5.29. The number of amides is 1. The number of aromatic nitrogens is 1. The van der Waals surface area contributed by atoms with Gasteiger partial charge in [0.2, 0.25) is 0 Å². The van der Waals surface area contributed by atoms with E-state index in [2.05, 4.69) is 17.1 Å². The van der Waals surface area contributed by atoms with Gasteiger partial charge in [0.15, 0.2) is 0 Å². The van der Waals surface area contributed by atoms with Gasteiger partial charge in [-0.3, -0.25) is 14.9 Å². The number of rotatable bonds is 4. The molecule has 1 amide bonds. The van der Waals surface area contributed by atoms with Crippen molar-refractivity contribution in [2.45, 2.75) is 24.7 Å². The van der Waals surface area contributed by atoms with Crippen molar-refractivity contribution in [3.8, 4) is 5.75 Å². The minimum absolute atomic E-state index is 0.0650. The predicted octanol–water partition coefficient (Wildman–Crippen LogP) is 5.28. The SMILES string of the molecule is COc1cccc([C@]23CCN(C(=O)c4ccccc4)CC2Cc2c([nH]c4cc([N+](=O)[O-])ccc24)C3)c1. The molecule has 0 spiro atoms. The van der Waals surface area contributed by atoms with Gasteiger partial charge in [-0.25, -0.2) is 0 Å². The number of likely N-dealkylation sites (tertiary alicyclic amines) is 1. The predicted molar refractivity (Wildman–Crippen MR) is 137 cm³/mol. The molecule has 182 valence electrons. The molecule has 1 saturated heterocycles. The summed E-state index contributed by atoms with van der Waals surface area (Å²) in [6, 6.07) is 22.8. The van der Waals surface area contributed by atoms with Gasteiger partial charge in [0, 0.05) is 47.3 Å². The van der Waals surface area contributed by atoms with Crippen LogP contribution in [0.15, 0.2) is 72.8 Å². The molecule has 7 nitrogen and oxygen atoms in total. The summed E-state index contributed by atoms with van der Waals surface area (Å²) in [5.41, 5.74) is 4.98. The second-order valence-electron chi connectivity index (χ2n) is 9.90. The molecule has 36 heavy (non-hydrogen) atoms. The van der Waals surface area contributed by atoms with Crippen LogP contribution in [0, 0.1) is 16.0 Å². The Balaban J connectivity index is 1.43. The van der Waals surface area contributed by atoms with Crippen LogP contribution in [0.2, 0.25) is 0 Å². The number of carbonyl (C=O) groups is 1. The number of hydrogen-bond donors (Lipinski definition) is 1. The van der Waals surface area contributed by atoms with Crippen molar-refractivity contribution < 1.29 is 14.5 Å². The summed E-state index contributed by atoms with van der Waals surface area (Å²) in [5.74, 6) is 1.09. The number of methoxy groups -OCH3 is 1. The van der Waals surface area contributed by atoms with Gasteiger partial charge in [-0.15, -0.1) is 0 Å². The lowest BCUT2D eigenvalue weighted by atomic mass is 9.58. The van der Waals surface area contributed by atoms with E-state index in [1.165, 1.54) is 11.1 Å². The Morgan fingerprint density at radius 1 is 1.11 bits per heavy atom. The van der Waals surface area contributed by atoms with Crippen LogP contribution in [0.25, 0.3) is 10.9 Å². The van der Waals surface area contributed by atoms with Crippen molar-refractivity contribution in [2.75, 3.05) is 20.2 Å². The summed E-state index contributed by atoms with van der Waals surface area (Å²) >= 11 is 0. The van der Waals surface area contributed by atoms with Gasteiger partial charge in [-0.2, -0.15) is 0 Å². The Morgan fingerprint density at radius 3 is 2.72 bits per heavy atom. The molecule has 0 saturated carbocycles. The van der Waals surface area contributed by atoms with E-state index in [9.17, 15) is 14.9 Å². The number of hydrogen-bond acceptors (Lipinski definition) is 4. The van der Waals surface area contributed by atoms with Crippen LogP contribution in [0.1, 0.15) is 33.6 Å². The molecule has 4 aromatic rings. The fourth-order valence-corrected chi connectivity index (χ4v) is 6.28. The Bertz CT molecular complexity index is 1480. The molecule has 1 aromatic heterocycles. The maximum Gasteiger partial charge on any atom is 0.271 e. The van der Waals surface area contributed by atoms with Crippen LogP contribution >= 0.6 is 0 Å². The number of nitro benzene ring substituents is 1. The van der Waals surface area contributed by atoms with Crippen molar-refractivity contribution in [1.29, 1.82) is 0 Å². The monoisotopic (exact) mass is 481 g/mol. The first-order chi connectivity index (χ1) is 17.5. The van der Waals surface area contributed by atoms with Crippen LogP contribution < -0.4 is 4.74 Å². The molecular weight excluding hydrogens is 454 g/mol. The van der Waals surface area contributed by atoms with Gasteiger partial charge < -0.3 is 14.6 Å². The highest BCUT2D eigenvalue weighted by molar-refractivity contribution is 5.94. The molecule has 3 aromatic carbocycles. The second kappa shape index (κ2) is 8.52. The van der Waals surface area contributed by atoms with Crippen LogP contribution in [0.4, 0.5) is 5.69 Å². The molecule has 2 heterocycles. The average Bonchev–Trinajstić information content (AvgIpc) is 3.27. The van der Waals surface area contributed by atoms with Gasteiger partial charge in [0.1, 0.15) is 5.75 Å². The summed E-state index contributed by atoms with van der Waals surface area (Å²) in [7, 11) is 1.68. The third kappa shape index (κ3) is 3.54. The lowest BCUT2D eigenvalue weighted by Gasteiger charge is -2.51. The zero-order valence-electron chi connectivity index (χ0n) is 20.1. The highest BCUT2D eigenvalue weighted by Gasteiger charge is 2.49. The molecule has 7 heteroatoms. The van der Waals surface area contributed by atoms with Gasteiger partial charge in [-0.1, -0.05) is 30.3 Å². The smallest absolute Gasteiger partial charge is 0.271 e. The lowest BCUT2D eigenvalue weighted by Crippen LogP contribution is -2.55. The molecule has 0 bridgehead atoms. The Morgan fingerprint density at radius 2 is 1.94 bits per heavy atom. The van der Waals surface area contributed by atoms with E-state index in [-0.39, 0.29) is 27.9 Å². The van der Waals surface area contributed by atoms with Crippen molar-refractivity contribution >= 4 is 22.5 Å². The zero-order valence-corrected chi connectivity index (χ0v) is 20.1. The summed E-state index contributed by atoms with van der Waals surface area (Å²) in [5, 5.41) is 12.4. The maximum atomic E-state index is 13.4. The number of nitrogens with zero attached hydrogens (tertiary/aromatic N) is 2. The molecule has 1 N–H and O–H groups in total. The van der Waals surface area contributed by atoms with E-state index in [0.29, 0.717) is 18.7 Å². The van der Waals surface area contributed by atoms with Crippen LogP contribution in [-0.4, -0.2) is 40.9 Å². The van der Waals surface area contributed by atoms with Crippen molar-refractivity contribution in [1.82, 2.24) is 9.88 Å². The first-order valence-electron chi connectivity index (χ1n) is 12.3. The molecule has 1 aliphatic heterocycles. The van der Waals surface area contributed by atoms with E-state index < -0.39 is 0 Å². The summed E-state index contributed by atoms with van der Waals surface area (Å²) < 4.78 is 5.56. The van der Waals surface area contributed by atoms with E-state index in [1.807, 2.05) is 53.4 Å². The van der Waals surface area contributed by atoms with Gasteiger partial charge in [-0.05, 0) is 66.6 Å². The van der Waals surface area contributed by atoms with Gasteiger partial charge in [0.05, 0.1) is 17.5 Å². The highest BCUT2D eigenvalue weighted by Crippen LogP contribution is 2.50. The molecule has 1 fully saturated rings. The van der Waals surface area contributed by atoms with Crippen LogP contribution in [0.3, 0.4) is 0 Å². The Labute approximate surface area is 208 Å². The number of piperidine rings is 1. The van der Waals surface area contributed by atoms with Crippen molar-refractivity contribution in [3.63, 3.8) is 0 Å². The molecule has 2 atom stereocenters. The standard InChI is InChI=1S/C29H27N3O4/c1-36-23-9-5-8-20(14-23)29-12-13-31(28(33)19-6-3-2-4-7-19)18-21(29)15-25-24-11-10-22(32(34)35)16-26(24)30-27(25)17-29/h2-11,14,16,21,30H,12-13,15,17-18H2,1H3/t21?,29-/m1/s1. The molecule has 6 rings (SSSR count). The first kappa shape index (κ1) is 22.3. The summed E-state index contributed by atoms with van der Waals surface area (Å²) in [6.45, 7) is 1.33. The second-order valence-corrected chi connectivity index (χ2v) is 9.90. The Hall–Kier alpha value is -4.13. The van der Waals surface area contributed by atoms with E-state index in [4.69, 9.17) is 4.74 Å². The van der Waals surface area contributed by atoms with E-state index >= 15 is 0 Å². The average molecular weight is 482 g/mol. The van der Waals surface area contributed by atoms with Gasteiger partial charge >= 0.3 is 0 Å². The number of carbonyl (C=O) groups excluding carboxylic acids is 1. The number of aromatic amines is 1. The largest absolute Gasteiger partial charge is 0.497 e. The maximum absolute atomic E-state index is 13.4. The highest BCUT2D eigenvalue weighted by atomic mass is 16.6. The molecule has 2 aliphatic rings. The fraction of sp³-hybridized carbons (Fsp3) is 0.276. The van der Waals surface area contributed by atoms with Crippen molar-refractivity contribution in [2.24, 2.45) is 5.92 Å². The van der Waals surface area contributed by atoms with Crippen LogP contribution in [-0.2, 0) is 18.3 Å². The zero-order chi connectivity index (χ0) is 24.9. The number of fused-ring (bicyclic) bond motifs is 4. The van der Waals surface area contributed by atoms with E-state index in [1.54, 1.807) is 19.2 Å². The first-order valence-corrected chi connectivity index (χ1v) is 12.3. The van der Waals surface area contributed by atoms with E-state index in [0.717, 1.165) is 41.6 Å². The van der Waals surface area contributed by atoms with Crippen LogP contribution in [0.5, 0.6) is 5.75 Å². The number of H-pyrrole nitrogens is 1. The fourth-order valence-electron chi connectivity index (χ4n) is 6.28.